The molecular formula is C13H12F3N3. The molecule has 0 unspecified atom stereocenters. The van der Waals surface area contributed by atoms with Crippen LogP contribution in [0.5, 0.6) is 0 Å². The molecule has 0 saturated carbocycles. The van der Waals surface area contributed by atoms with Gasteiger partial charge in [-0.15, -0.1) is 0 Å². The molecule has 19 heavy (non-hydrogen) atoms. The van der Waals surface area contributed by atoms with Crippen LogP contribution in [0.4, 0.5) is 30.5 Å². The molecule has 2 rings (SSSR count). The Morgan fingerprint density at radius 3 is 2.37 bits per heavy atom. The van der Waals surface area contributed by atoms with Crippen LogP contribution in [0.25, 0.3) is 0 Å². The molecule has 2 aromatic rings. The van der Waals surface area contributed by atoms with Crippen LogP contribution in [0.15, 0.2) is 30.3 Å². The van der Waals surface area contributed by atoms with E-state index >= 15 is 0 Å². The van der Waals surface area contributed by atoms with Gasteiger partial charge in [0.25, 0.3) is 0 Å². The van der Waals surface area contributed by atoms with Crippen molar-refractivity contribution in [2.75, 3.05) is 24.3 Å². The van der Waals surface area contributed by atoms with Gasteiger partial charge in [-0.1, -0.05) is 12.1 Å². The van der Waals surface area contributed by atoms with Crippen molar-refractivity contribution in [1.82, 2.24) is 4.98 Å². The van der Waals surface area contributed by atoms with Gasteiger partial charge in [0.1, 0.15) is 5.82 Å². The van der Waals surface area contributed by atoms with E-state index in [2.05, 4.69) is 10.3 Å². The van der Waals surface area contributed by atoms with Crippen LogP contribution < -0.4 is 10.2 Å². The van der Waals surface area contributed by atoms with Crippen molar-refractivity contribution < 1.29 is 13.2 Å². The first-order chi connectivity index (χ1) is 9.04. The minimum absolute atomic E-state index is 0.0976. The monoisotopic (exact) mass is 267 g/mol. The lowest BCUT2D eigenvalue weighted by Gasteiger charge is -2.20. The van der Waals surface area contributed by atoms with Gasteiger partial charge in [-0.2, -0.15) is 0 Å². The van der Waals surface area contributed by atoms with Crippen molar-refractivity contribution in [3.8, 4) is 0 Å². The Labute approximate surface area is 108 Å². The molecule has 3 nitrogen and oxygen atoms in total. The van der Waals surface area contributed by atoms with Crippen LogP contribution in [0.2, 0.25) is 0 Å². The largest absolute Gasteiger partial charge is 0.371 e. The van der Waals surface area contributed by atoms with Gasteiger partial charge in [0.05, 0.1) is 5.69 Å². The van der Waals surface area contributed by atoms with E-state index in [9.17, 15) is 13.2 Å². The lowest BCUT2D eigenvalue weighted by atomic mass is 10.2. The van der Waals surface area contributed by atoms with Crippen LogP contribution in [0.3, 0.4) is 0 Å². The van der Waals surface area contributed by atoms with E-state index in [1.807, 2.05) is 0 Å². The number of hydrogen-bond donors (Lipinski definition) is 1. The van der Waals surface area contributed by atoms with E-state index in [4.69, 9.17) is 0 Å². The predicted octanol–water partition coefficient (Wildman–Crippen LogP) is 3.31. The molecule has 0 atom stereocenters. The average Bonchev–Trinajstić information content (AvgIpc) is 2.39. The fraction of sp³-hybridized carbons (Fsp3) is 0.154. The number of benzene rings is 1. The van der Waals surface area contributed by atoms with Crippen LogP contribution in [0.1, 0.15) is 0 Å². The molecule has 0 bridgehead atoms. The Morgan fingerprint density at radius 1 is 1.05 bits per heavy atom. The molecular weight excluding hydrogens is 255 g/mol. The summed E-state index contributed by atoms with van der Waals surface area (Å²) in [6.45, 7) is 0. The summed E-state index contributed by atoms with van der Waals surface area (Å²) in [5.74, 6) is -2.43. The molecule has 1 aromatic carbocycles. The van der Waals surface area contributed by atoms with E-state index in [-0.39, 0.29) is 17.3 Å². The molecule has 0 aliphatic heterocycles. The van der Waals surface area contributed by atoms with E-state index in [0.29, 0.717) is 6.07 Å². The van der Waals surface area contributed by atoms with Gasteiger partial charge < -0.3 is 10.2 Å². The molecule has 0 aliphatic rings. The number of anilines is 3. The van der Waals surface area contributed by atoms with Crippen LogP contribution in [-0.4, -0.2) is 19.1 Å². The maximum Gasteiger partial charge on any atom is 0.171 e. The summed E-state index contributed by atoms with van der Waals surface area (Å²) in [7, 11) is 2.93. The van der Waals surface area contributed by atoms with E-state index < -0.39 is 17.5 Å². The number of pyridine rings is 1. The summed E-state index contributed by atoms with van der Waals surface area (Å²) >= 11 is 0. The highest BCUT2D eigenvalue weighted by atomic mass is 19.1. The quantitative estimate of drug-likeness (QED) is 0.924. The first kappa shape index (κ1) is 13.2. The van der Waals surface area contributed by atoms with Gasteiger partial charge in [0.15, 0.2) is 23.3 Å². The summed E-state index contributed by atoms with van der Waals surface area (Å²) in [6, 6.07) is 6.60. The summed E-state index contributed by atoms with van der Waals surface area (Å²) in [5.41, 5.74) is 0.155. The Morgan fingerprint density at radius 2 is 1.74 bits per heavy atom. The molecule has 0 aliphatic carbocycles. The fourth-order valence-electron chi connectivity index (χ4n) is 1.71. The zero-order valence-electron chi connectivity index (χ0n) is 10.4. The third-order valence-electron chi connectivity index (χ3n) is 2.68. The van der Waals surface area contributed by atoms with Crippen LogP contribution in [0, 0.1) is 17.5 Å². The number of rotatable bonds is 3. The molecule has 1 heterocycles. The van der Waals surface area contributed by atoms with Gasteiger partial charge in [0.2, 0.25) is 0 Å². The smallest absolute Gasteiger partial charge is 0.171 e. The minimum atomic E-state index is -0.859. The fourth-order valence-corrected chi connectivity index (χ4v) is 1.71. The summed E-state index contributed by atoms with van der Waals surface area (Å²) in [6.07, 6.45) is 0. The average molecular weight is 267 g/mol. The molecule has 100 valence electrons. The molecule has 0 amide bonds. The topological polar surface area (TPSA) is 28.2 Å². The molecule has 0 fully saturated rings. The molecule has 1 aromatic heterocycles. The highest BCUT2D eigenvalue weighted by Gasteiger charge is 2.17. The number of hydrogen-bond acceptors (Lipinski definition) is 3. The summed E-state index contributed by atoms with van der Waals surface area (Å²) in [4.78, 5) is 5.03. The lowest BCUT2D eigenvalue weighted by Crippen LogP contribution is -2.16. The maximum absolute atomic E-state index is 13.7. The normalized spacial score (nSPS) is 10.4. The van der Waals surface area contributed by atoms with Crippen molar-refractivity contribution in [1.29, 1.82) is 0 Å². The van der Waals surface area contributed by atoms with Crippen molar-refractivity contribution in [2.24, 2.45) is 0 Å². The second-order valence-electron chi connectivity index (χ2n) is 3.88. The zero-order chi connectivity index (χ0) is 14.0. The maximum atomic E-state index is 13.7. The lowest BCUT2D eigenvalue weighted by molar-refractivity contribution is 0.575. The second kappa shape index (κ2) is 5.17. The number of nitrogens with zero attached hydrogens (tertiary/aromatic N) is 2. The van der Waals surface area contributed by atoms with Gasteiger partial charge in [-0.25, -0.2) is 18.2 Å². The van der Waals surface area contributed by atoms with E-state index in [1.54, 1.807) is 6.07 Å². The van der Waals surface area contributed by atoms with Gasteiger partial charge >= 0.3 is 0 Å². The number of aromatic nitrogens is 1. The number of para-hydroxylation sites is 1. The first-order valence-electron chi connectivity index (χ1n) is 5.56. The molecule has 0 saturated heterocycles. The Hall–Kier alpha value is -2.24. The Balaban J connectivity index is 2.50. The highest BCUT2D eigenvalue weighted by molar-refractivity contribution is 5.62. The Bertz CT molecular complexity index is 602. The number of nitrogens with one attached hydrogen (secondary N) is 1. The van der Waals surface area contributed by atoms with Crippen molar-refractivity contribution >= 4 is 17.3 Å². The van der Waals surface area contributed by atoms with Crippen molar-refractivity contribution in [3.05, 3.63) is 47.8 Å². The Kier molecular flexibility index (Phi) is 3.59. The predicted molar refractivity (Wildman–Crippen MR) is 68.2 cm³/mol. The standard InChI is InChI=1S/C13H12F3N3/c1-17-12-9(15)7-10(16)13(18-12)19(2)11-6-4-3-5-8(11)14/h3-7H,1-2H3,(H,17,18). The molecule has 1 N–H and O–H groups in total. The highest BCUT2D eigenvalue weighted by Crippen LogP contribution is 2.28. The molecule has 0 spiro atoms. The van der Waals surface area contributed by atoms with Gasteiger partial charge in [0, 0.05) is 20.2 Å². The van der Waals surface area contributed by atoms with Gasteiger partial charge in [-0.3, -0.25) is 0 Å². The molecule has 0 radical (unpaired) electrons. The van der Waals surface area contributed by atoms with E-state index in [1.165, 1.54) is 37.2 Å². The third-order valence-corrected chi connectivity index (χ3v) is 2.68. The van der Waals surface area contributed by atoms with Gasteiger partial charge in [-0.05, 0) is 12.1 Å². The van der Waals surface area contributed by atoms with Crippen molar-refractivity contribution in [2.45, 2.75) is 0 Å². The first-order valence-corrected chi connectivity index (χ1v) is 5.56. The number of halogens is 3. The minimum Gasteiger partial charge on any atom is -0.371 e. The molecule has 6 heteroatoms. The summed E-state index contributed by atoms with van der Waals surface area (Å²) < 4.78 is 40.7. The van der Waals surface area contributed by atoms with Crippen molar-refractivity contribution in [3.63, 3.8) is 0 Å². The van der Waals surface area contributed by atoms with Crippen LogP contribution in [-0.2, 0) is 0 Å². The third kappa shape index (κ3) is 2.47. The summed E-state index contributed by atoms with van der Waals surface area (Å²) in [5, 5.41) is 2.51. The van der Waals surface area contributed by atoms with E-state index in [0.717, 1.165) is 0 Å². The SMILES string of the molecule is CNc1nc(N(C)c2ccccc2F)c(F)cc1F. The zero-order valence-corrected chi connectivity index (χ0v) is 10.4. The second-order valence-corrected chi connectivity index (χ2v) is 3.88. The van der Waals surface area contributed by atoms with Crippen LogP contribution >= 0.6 is 0 Å².